The second-order valence-corrected chi connectivity index (χ2v) is 7.05. The van der Waals surface area contributed by atoms with Crippen LogP contribution in [0.3, 0.4) is 0 Å². The number of halogens is 2. The first-order valence-corrected chi connectivity index (χ1v) is 9.03. The molecule has 1 aliphatic heterocycles. The summed E-state index contributed by atoms with van der Waals surface area (Å²) in [6.07, 6.45) is 1.89. The van der Waals surface area contributed by atoms with Crippen molar-refractivity contribution in [1.29, 1.82) is 0 Å². The fraction of sp³-hybridized carbons (Fsp3) is 0.263. The molecule has 0 saturated heterocycles. The van der Waals surface area contributed by atoms with Crippen molar-refractivity contribution in [3.63, 3.8) is 0 Å². The Morgan fingerprint density at radius 3 is 2.88 bits per heavy atom. The summed E-state index contributed by atoms with van der Waals surface area (Å²) in [4.78, 5) is 2.00. The molecule has 128 valence electrons. The third-order valence-electron chi connectivity index (χ3n) is 4.54. The Morgan fingerprint density at radius 2 is 2.04 bits per heavy atom. The smallest absolute Gasteiger partial charge is 0.248 e. The molecule has 1 aromatic heterocycles. The number of benzene rings is 2. The van der Waals surface area contributed by atoms with Gasteiger partial charge in [-0.05, 0) is 65.0 Å². The van der Waals surface area contributed by atoms with Crippen molar-refractivity contribution in [3.8, 4) is 11.5 Å². The van der Waals surface area contributed by atoms with Gasteiger partial charge < -0.3 is 9.32 Å². The zero-order valence-electron chi connectivity index (χ0n) is 13.8. The third kappa shape index (κ3) is 3.06. The van der Waals surface area contributed by atoms with Crippen molar-refractivity contribution in [1.82, 2.24) is 10.2 Å². The predicted octanol–water partition coefficient (Wildman–Crippen LogP) is 4.90. The SMILES string of the molecule is Cc1ccc(F)c2c1CCCN2Cc1nnc(-c2ccccc2Br)o1. The standard InChI is InChI=1S/C19H17BrFN3O/c1-12-8-9-16(21)18-13(12)6-4-10-24(18)11-17-22-23-19(25-17)14-5-2-3-7-15(14)20/h2-3,5,7-9H,4,6,10-11H2,1H3. The van der Waals surface area contributed by atoms with Crippen LogP contribution >= 0.6 is 15.9 Å². The Kier molecular flexibility index (Phi) is 4.29. The normalized spacial score (nSPS) is 13.8. The van der Waals surface area contributed by atoms with E-state index in [1.165, 1.54) is 6.07 Å². The van der Waals surface area contributed by atoms with Crippen molar-refractivity contribution < 1.29 is 8.81 Å². The highest BCUT2D eigenvalue weighted by atomic mass is 79.9. The number of hydrogen-bond donors (Lipinski definition) is 0. The van der Waals surface area contributed by atoms with E-state index in [9.17, 15) is 4.39 Å². The van der Waals surface area contributed by atoms with Gasteiger partial charge in [-0.25, -0.2) is 4.39 Å². The minimum absolute atomic E-state index is 0.189. The van der Waals surface area contributed by atoms with Crippen LogP contribution in [0.25, 0.3) is 11.5 Å². The van der Waals surface area contributed by atoms with Gasteiger partial charge in [0, 0.05) is 11.0 Å². The Labute approximate surface area is 153 Å². The van der Waals surface area contributed by atoms with Crippen LogP contribution < -0.4 is 4.90 Å². The molecule has 0 bridgehead atoms. The number of anilines is 1. The fourth-order valence-electron chi connectivity index (χ4n) is 3.31. The van der Waals surface area contributed by atoms with Crippen molar-refractivity contribution in [2.75, 3.05) is 11.4 Å². The molecule has 1 aliphatic rings. The first-order chi connectivity index (χ1) is 12.1. The van der Waals surface area contributed by atoms with E-state index in [0.717, 1.165) is 40.5 Å². The molecule has 4 rings (SSSR count). The number of hydrogen-bond acceptors (Lipinski definition) is 4. The largest absolute Gasteiger partial charge is 0.419 e. The lowest BCUT2D eigenvalue weighted by atomic mass is 9.96. The molecular weight excluding hydrogens is 385 g/mol. The molecule has 0 aliphatic carbocycles. The van der Waals surface area contributed by atoms with Crippen LogP contribution in [0.5, 0.6) is 0 Å². The Hall–Kier alpha value is -2.21. The molecular formula is C19H17BrFN3O. The summed E-state index contributed by atoms with van der Waals surface area (Å²) in [7, 11) is 0. The average Bonchev–Trinajstić information content (AvgIpc) is 3.07. The molecule has 0 unspecified atom stereocenters. The van der Waals surface area contributed by atoms with Crippen LogP contribution in [0.4, 0.5) is 10.1 Å². The highest BCUT2D eigenvalue weighted by Crippen LogP contribution is 2.34. The van der Waals surface area contributed by atoms with Gasteiger partial charge in [-0.1, -0.05) is 18.2 Å². The highest BCUT2D eigenvalue weighted by molar-refractivity contribution is 9.10. The van der Waals surface area contributed by atoms with E-state index in [0.29, 0.717) is 24.0 Å². The third-order valence-corrected chi connectivity index (χ3v) is 5.23. The number of fused-ring (bicyclic) bond motifs is 1. The Balaban J connectivity index is 1.63. The maximum Gasteiger partial charge on any atom is 0.248 e. The molecule has 6 heteroatoms. The van der Waals surface area contributed by atoms with E-state index in [1.54, 1.807) is 0 Å². The summed E-state index contributed by atoms with van der Waals surface area (Å²) in [6, 6.07) is 11.1. The van der Waals surface area contributed by atoms with Gasteiger partial charge >= 0.3 is 0 Å². The van der Waals surface area contributed by atoms with Gasteiger partial charge in [0.15, 0.2) is 0 Å². The van der Waals surface area contributed by atoms with Gasteiger partial charge in [0.1, 0.15) is 5.82 Å². The molecule has 2 aromatic carbocycles. The first kappa shape index (κ1) is 16.3. The summed E-state index contributed by atoms with van der Waals surface area (Å²) < 4.78 is 21.1. The van der Waals surface area contributed by atoms with Gasteiger partial charge in [-0.15, -0.1) is 10.2 Å². The lowest BCUT2D eigenvalue weighted by Crippen LogP contribution is -2.30. The quantitative estimate of drug-likeness (QED) is 0.625. The van der Waals surface area contributed by atoms with Crippen LogP contribution in [-0.4, -0.2) is 16.7 Å². The van der Waals surface area contributed by atoms with Gasteiger partial charge in [0.25, 0.3) is 0 Å². The van der Waals surface area contributed by atoms with E-state index in [2.05, 4.69) is 26.1 Å². The number of aryl methyl sites for hydroxylation is 1. The van der Waals surface area contributed by atoms with Crippen molar-refractivity contribution in [3.05, 3.63) is 63.7 Å². The van der Waals surface area contributed by atoms with Gasteiger partial charge in [0.2, 0.25) is 11.8 Å². The Bertz CT molecular complexity index is 925. The highest BCUT2D eigenvalue weighted by Gasteiger charge is 2.24. The molecule has 3 aromatic rings. The van der Waals surface area contributed by atoms with Crippen molar-refractivity contribution >= 4 is 21.6 Å². The van der Waals surface area contributed by atoms with Gasteiger partial charge in [-0.3, -0.25) is 0 Å². The first-order valence-electron chi connectivity index (χ1n) is 8.23. The maximum atomic E-state index is 14.4. The minimum atomic E-state index is -0.189. The average molecular weight is 402 g/mol. The summed E-state index contributed by atoms with van der Waals surface area (Å²) in [6.45, 7) is 3.21. The van der Waals surface area contributed by atoms with Crippen LogP contribution in [-0.2, 0) is 13.0 Å². The van der Waals surface area contributed by atoms with E-state index < -0.39 is 0 Å². The van der Waals surface area contributed by atoms with E-state index >= 15 is 0 Å². The second kappa shape index (κ2) is 6.59. The number of rotatable bonds is 3. The predicted molar refractivity (Wildman–Crippen MR) is 97.9 cm³/mol. The van der Waals surface area contributed by atoms with E-state index in [1.807, 2.05) is 42.2 Å². The van der Waals surface area contributed by atoms with Crippen LogP contribution in [0.2, 0.25) is 0 Å². The lowest BCUT2D eigenvalue weighted by Gasteiger charge is -2.31. The summed E-state index contributed by atoms with van der Waals surface area (Å²) in [5.74, 6) is 0.759. The van der Waals surface area contributed by atoms with Gasteiger partial charge in [0.05, 0.1) is 17.8 Å². The molecule has 0 amide bonds. The zero-order valence-corrected chi connectivity index (χ0v) is 15.4. The second-order valence-electron chi connectivity index (χ2n) is 6.20. The van der Waals surface area contributed by atoms with E-state index in [4.69, 9.17) is 4.42 Å². The molecule has 2 heterocycles. The maximum absolute atomic E-state index is 14.4. The molecule has 0 fully saturated rings. The summed E-state index contributed by atoms with van der Waals surface area (Å²) in [5, 5.41) is 8.29. The van der Waals surface area contributed by atoms with Crippen LogP contribution in [0.1, 0.15) is 23.4 Å². The summed E-state index contributed by atoms with van der Waals surface area (Å²) >= 11 is 3.49. The lowest BCUT2D eigenvalue weighted by molar-refractivity contribution is 0.488. The molecule has 0 saturated carbocycles. The van der Waals surface area contributed by atoms with Gasteiger partial charge in [-0.2, -0.15) is 0 Å². The fourth-order valence-corrected chi connectivity index (χ4v) is 3.76. The molecule has 0 radical (unpaired) electrons. The Morgan fingerprint density at radius 1 is 1.20 bits per heavy atom. The monoisotopic (exact) mass is 401 g/mol. The molecule has 0 N–H and O–H groups in total. The molecule has 25 heavy (non-hydrogen) atoms. The van der Waals surface area contributed by atoms with Crippen molar-refractivity contribution in [2.24, 2.45) is 0 Å². The number of aromatic nitrogens is 2. The molecule has 0 atom stereocenters. The minimum Gasteiger partial charge on any atom is -0.419 e. The van der Waals surface area contributed by atoms with E-state index in [-0.39, 0.29) is 5.82 Å². The number of nitrogens with zero attached hydrogens (tertiary/aromatic N) is 3. The molecule has 0 spiro atoms. The topological polar surface area (TPSA) is 42.2 Å². The van der Waals surface area contributed by atoms with Crippen LogP contribution in [0.15, 0.2) is 45.3 Å². The molecule has 4 nitrogen and oxygen atoms in total. The van der Waals surface area contributed by atoms with Crippen molar-refractivity contribution in [2.45, 2.75) is 26.3 Å². The zero-order chi connectivity index (χ0) is 17.4. The van der Waals surface area contributed by atoms with Crippen LogP contribution in [0, 0.1) is 12.7 Å². The summed E-state index contributed by atoms with van der Waals surface area (Å²) in [5.41, 5.74) is 3.73.